The topological polar surface area (TPSA) is 127 Å². The molecule has 2 unspecified atom stereocenters. The number of amides is 2. The van der Waals surface area contributed by atoms with Crippen LogP contribution < -0.4 is 0 Å². The molecule has 0 saturated carbocycles. The summed E-state index contributed by atoms with van der Waals surface area (Å²) >= 11 is 0. The van der Waals surface area contributed by atoms with E-state index in [2.05, 4.69) is 23.5 Å². The van der Waals surface area contributed by atoms with Gasteiger partial charge in [0.25, 0.3) is 0 Å². The highest BCUT2D eigenvalue weighted by molar-refractivity contribution is 5.98. The van der Waals surface area contributed by atoms with Crippen LogP contribution in [-0.2, 0) is 30.5 Å². The molecule has 1 spiro atoms. The maximum atomic E-state index is 14.7. The fraction of sp³-hybridized carbons (Fsp3) is 0.606. The Morgan fingerprint density at radius 2 is 1.98 bits per heavy atom. The lowest BCUT2D eigenvalue weighted by Gasteiger charge is -2.36. The number of fused-ring (bicyclic) bond motifs is 2. The summed E-state index contributed by atoms with van der Waals surface area (Å²) in [6, 6.07) is 6.62. The molecule has 11 heteroatoms. The summed E-state index contributed by atoms with van der Waals surface area (Å²) in [6.07, 6.45) is 9.43. The number of nitrogens with zero attached hydrogens (tertiary/aromatic N) is 5. The molecule has 1 aromatic carbocycles. The first-order valence-corrected chi connectivity index (χ1v) is 15.9. The fourth-order valence-corrected chi connectivity index (χ4v) is 7.55. The summed E-state index contributed by atoms with van der Waals surface area (Å²) in [7, 11) is 0. The minimum Gasteiger partial charge on any atom is -0.465 e. The Balaban J connectivity index is 1.47. The fourth-order valence-electron chi connectivity index (χ4n) is 7.55. The number of aliphatic hydroxyl groups excluding tert-OH is 1. The maximum Gasteiger partial charge on any atom is 0.312 e. The highest BCUT2D eigenvalue weighted by Crippen LogP contribution is 2.64. The zero-order valence-corrected chi connectivity index (χ0v) is 25.7. The molecular formula is C33H45N5O6. The van der Waals surface area contributed by atoms with Gasteiger partial charge in [-0.1, -0.05) is 36.4 Å². The molecule has 0 aliphatic carbocycles. The second-order valence-corrected chi connectivity index (χ2v) is 12.2. The molecule has 5 rings (SSSR count). The molecule has 238 valence electrons. The molecule has 3 saturated heterocycles. The monoisotopic (exact) mass is 607 g/mol. The number of ether oxygens (including phenoxy) is 2. The van der Waals surface area contributed by atoms with E-state index in [1.165, 1.54) is 0 Å². The quantitative estimate of drug-likeness (QED) is 0.164. The third-order valence-corrected chi connectivity index (χ3v) is 9.66. The number of esters is 1. The van der Waals surface area contributed by atoms with Crippen molar-refractivity contribution in [3.8, 4) is 0 Å². The smallest absolute Gasteiger partial charge is 0.312 e. The predicted octanol–water partition coefficient (Wildman–Crippen LogP) is 3.62. The van der Waals surface area contributed by atoms with E-state index >= 15 is 0 Å². The first-order valence-electron chi connectivity index (χ1n) is 15.9. The third-order valence-electron chi connectivity index (χ3n) is 9.66. The van der Waals surface area contributed by atoms with Crippen molar-refractivity contribution in [2.75, 3.05) is 26.3 Å². The zero-order valence-electron chi connectivity index (χ0n) is 25.7. The summed E-state index contributed by atoms with van der Waals surface area (Å²) in [5.74, 6) is -2.51. The van der Waals surface area contributed by atoms with Crippen molar-refractivity contribution in [3.05, 3.63) is 49.6 Å². The normalized spacial score (nSPS) is 27.1. The van der Waals surface area contributed by atoms with Gasteiger partial charge in [-0.05, 0) is 69.9 Å². The molecule has 3 aliphatic heterocycles. The summed E-state index contributed by atoms with van der Waals surface area (Å²) in [4.78, 5) is 46.0. The number of rotatable bonds is 17. The molecule has 2 amide bonds. The lowest BCUT2D eigenvalue weighted by atomic mass is 9.65. The number of allylic oxidation sites excluding steroid dienone is 1. The van der Waals surface area contributed by atoms with Crippen LogP contribution in [0.1, 0.15) is 64.7 Å². The first-order chi connectivity index (χ1) is 21.4. The Labute approximate surface area is 258 Å². The predicted molar refractivity (Wildman–Crippen MR) is 164 cm³/mol. The van der Waals surface area contributed by atoms with Crippen molar-refractivity contribution in [2.24, 2.45) is 11.8 Å². The van der Waals surface area contributed by atoms with E-state index in [9.17, 15) is 19.5 Å². The Kier molecular flexibility index (Phi) is 9.84. The van der Waals surface area contributed by atoms with Crippen LogP contribution in [0.3, 0.4) is 0 Å². The second-order valence-electron chi connectivity index (χ2n) is 12.2. The van der Waals surface area contributed by atoms with Gasteiger partial charge in [-0.15, -0.1) is 18.3 Å². The van der Waals surface area contributed by atoms with E-state index in [0.717, 1.165) is 18.4 Å². The number of hydrogen-bond acceptors (Lipinski definition) is 8. The van der Waals surface area contributed by atoms with Gasteiger partial charge in [-0.2, -0.15) is 0 Å². The minimum absolute atomic E-state index is 0.0602. The second kappa shape index (κ2) is 13.6. The van der Waals surface area contributed by atoms with Gasteiger partial charge in [0.2, 0.25) is 11.8 Å². The summed E-state index contributed by atoms with van der Waals surface area (Å²) in [5, 5.41) is 17.8. The highest BCUT2D eigenvalue weighted by Gasteiger charge is 2.79. The van der Waals surface area contributed by atoms with Gasteiger partial charge >= 0.3 is 5.97 Å². The van der Waals surface area contributed by atoms with Crippen molar-refractivity contribution >= 4 is 28.8 Å². The van der Waals surface area contributed by atoms with Crippen LogP contribution in [-0.4, -0.2) is 91.2 Å². The van der Waals surface area contributed by atoms with Crippen LogP contribution in [0.5, 0.6) is 0 Å². The Hall–Kier alpha value is -3.57. The molecular weight excluding hydrogens is 562 g/mol. The lowest BCUT2D eigenvalue weighted by Crippen LogP contribution is -2.56. The summed E-state index contributed by atoms with van der Waals surface area (Å²) < 4.78 is 14.3. The van der Waals surface area contributed by atoms with E-state index in [-0.39, 0.29) is 38.2 Å². The van der Waals surface area contributed by atoms with E-state index in [4.69, 9.17) is 9.47 Å². The molecule has 3 aliphatic rings. The molecule has 3 fully saturated rings. The zero-order chi connectivity index (χ0) is 31.3. The number of hydrogen-bond donors (Lipinski definition) is 1. The van der Waals surface area contributed by atoms with Crippen molar-refractivity contribution in [2.45, 2.75) is 88.6 Å². The number of benzene rings is 1. The molecule has 1 aromatic heterocycles. The highest BCUT2D eigenvalue weighted by atomic mass is 16.6. The lowest BCUT2D eigenvalue weighted by molar-refractivity contribution is -0.162. The van der Waals surface area contributed by atoms with Crippen LogP contribution in [0.4, 0.5) is 0 Å². The maximum absolute atomic E-state index is 14.7. The Bertz CT molecular complexity index is 1380. The summed E-state index contributed by atoms with van der Waals surface area (Å²) in [5.41, 5.74) is -0.497. The van der Waals surface area contributed by atoms with Crippen molar-refractivity contribution < 1.29 is 29.0 Å². The van der Waals surface area contributed by atoms with Gasteiger partial charge in [0.1, 0.15) is 29.7 Å². The van der Waals surface area contributed by atoms with E-state index in [0.29, 0.717) is 57.0 Å². The standard InChI is InChI=1S/C33H45N5O6/c1-4-7-8-14-22-43-31(42)27-26-29(40)37(20-12-9-13-21-39)28(33(26)18-17-32(27,6-3)44-33)30(41)36(19-5-2)23-38-25-16-11-10-15-24(25)34-35-38/h4-5,10-11,15-16,26-28,39H,1-2,6-9,12-14,17-23H2,3H3/t26-,27+,28?,32-,33?/m0/s1. The van der Waals surface area contributed by atoms with Gasteiger partial charge in [0.05, 0.1) is 23.6 Å². The van der Waals surface area contributed by atoms with Crippen LogP contribution in [0.15, 0.2) is 49.6 Å². The Morgan fingerprint density at radius 3 is 2.73 bits per heavy atom. The molecule has 4 heterocycles. The van der Waals surface area contributed by atoms with Crippen LogP contribution in [0.25, 0.3) is 11.0 Å². The molecule has 1 N–H and O–H groups in total. The van der Waals surface area contributed by atoms with Crippen LogP contribution in [0, 0.1) is 11.8 Å². The van der Waals surface area contributed by atoms with Gasteiger partial charge in [-0.3, -0.25) is 14.4 Å². The third kappa shape index (κ3) is 5.56. The Morgan fingerprint density at radius 1 is 1.16 bits per heavy atom. The minimum atomic E-state index is -1.14. The average molecular weight is 608 g/mol. The van der Waals surface area contributed by atoms with Crippen molar-refractivity contribution in [1.29, 1.82) is 0 Å². The molecule has 5 atom stereocenters. The molecule has 2 aromatic rings. The van der Waals surface area contributed by atoms with Gasteiger partial charge < -0.3 is 24.4 Å². The number of likely N-dealkylation sites (tertiary alicyclic amines) is 1. The van der Waals surface area contributed by atoms with Gasteiger partial charge in [0.15, 0.2) is 0 Å². The largest absolute Gasteiger partial charge is 0.465 e. The van der Waals surface area contributed by atoms with E-state index in [1.807, 2.05) is 37.3 Å². The van der Waals surface area contributed by atoms with Crippen LogP contribution in [0.2, 0.25) is 0 Å². The number of carbonyl (C=O) groups is 3. The van der Waals surface area contributed by atoms with Crippen molar-refractivity contribution in [1.82, 2.24) is 24.8 Å². The molecule has 44 heavy (non-hydrogen) atoms. The van der Waals surface area contributed by atoms with Gasteiger partial charge in [0, 0.05) is 19.7 Å². The van der Waals surface area contributed by atoms with Gasteiger partial charge in [-0.25, -0.2) is 4.68 Å². The number of para-hydroxylation sites is 1. The SMILES string of the molecule is C=CCCCCOC(=O)[C@H]1[C@H]2C(=O)N(CCCCCO)C(C(=O)N(CC=C)Cn3nnc4ccccc43)C23CC[C@]1(CC)O3. The number of unbranched alkanes of at least 4 members (excludes halogenated alkanes) is 4. The first kappa shape index (κ1) is 31.8. The average Bonchev–Trinajstić information content (AvgIpc) is 3.76. The van der Waals surface area contributed by atoms with E-state index in [1.54, 1.807) is 20.6 Å². The summed E-state index contributed by atoms with van der Waals surface area (Å²) in [6.45, 7) is 10.6. The molecule has 0 radical (unpaired) electrons. The number of aliphatic hydroxyl groups is 1. The molecule has 11 nitrogen and oxygen atoms in total. The van der Waals surface area contributed by atoms with Crippen molar-refractivity contribution in [3.63, 3.8) is 0 Å². The molecule has 2 bridgehead atoms. The number of carbonyl (C=O) groups excluding carboxylic acids is 3. The number of aromatic nitrogens is 3. The van der Waals surface area contributed by atoms with E-state index < -0.39 is 35.0 Å². The van der Waals surface area contributed by atoms with Crippen LogP contribution >= 0.6 is 0 Å².